The zero-order valence-corrected chi connectivity index (χ0v) is 12.4. The molecule has 2 N–H and O–H groups in total. The van der Waals surface area contributed by atoms with Crippen molar-refractivity contribution >= 4 is 21.7 Å². The van der Waals surface area contributed by atoms with Gasteiger partial charge in [0.2, 0.25) is 10.0 Å². The van der Waals surface area contributed by atoms with E-state index in [4.69, 9.17) is 0 Å². The molecule has 0 saturated carbocycles. The van der Waals surface area contributed by atoms with Gasteiger partial charge in [-0.05, 0) is 6.07 Å². The Morgan fingerprint density at radius 1 is 1.29 bits per heavy atom. The number of rotatable bonds is 6. The lowest BCUT2D eigenvalue weighted by atomic mass is 10.3. The van der Waals surface area contributed by atoms with Crippen molar-refractivity contribution in [1.29, 1.82) is 0 Å². The number of carbonyl (C=O) groups excluding carboxylic acids is 1. The average molecular weight is 316 g/mol. The highest BCUT2D eigenvalue weighted by atomic mass is 32.2. The van der Waals surface area contributed by atoms with Crippen LogP contribution in [0.2, 0.25) is 0 Å². The fourth-order valence-electron chi connectivity index (χ4n) is 1.43. The minimum Gasteiger partial charge on any atom is -0.337 e. The highest BCUT2D eigenvalue weighted by Gasteiger charge is 2.24. The number of nitrogens with zero attached hydrogens (tertiary/aromatic N) is 2. The molecule has 1 aromatic rings. The van der Waals surface area contributed by atoms with Gasteiger partial charge in [0, 0.05) is 33.3 Å². The smallest absolute Gasteiger partial charge is 0.316 e. The van der Waals surface area contributed by atoms with Crippen LogP contribution in [0.5, 0.6) is 0 Å². The van der Waals surface area contributed by atoms with Gasteiger partial charge >= 0.3 is 6.03 Å². The van der Waals surface area contributed by atoms with Crippen molar-refractivity contribution in [3.63, 3.8) is 0 Å². The first-order valence-corrected chi connectivity index (χ1v) is 7.42. The van der Waals surface area contributed by atoms with Crippen LogP contribution < -0.4 is 10.0 Å². The summed E-state index contributed by atoms with van der Waals surface area (Å²) in [5.74, 6) is 0. The van der Waals surface area contributed by atoms with Crippen LogP contribution in [0.1, 0.15) is 0 Å². The van der Waals surface area contributed by atoms with Crippen molar-refractivity contribution in [1.82, 2.24) is 14.9 Å². The van der Waals surface area contributed by atoms with Gasteiger partial charge in [0.25, 0.3) is 5.69 Å². The molecule has 10 heteroatoms. The topological polar surface area (TPSA) is 122 Å². The van der Waals surface area contributed by atoms with Crippen LogP contribution in [0.25, 0.3) is 0 Å². The number of carbonyl (C=O) groups is 1. The number of para-hydroxylation sites is 1. The molecule has 0 aliphatic rings. The van der Waals surface area contributed by atoms with Crippen LogP contribution >= 0.6 is 0 Å². The molecule has 9 nitrogen and oxygen atoms in total. The Kier molecular flexibility index (Phi) is 5.61. The Labute approximate surface area is 122 Å². The van der Waals surface area contributed by atoms with Crippen molar-refractivity contribution in [3.05, 3.63) is 34.4 Å². The molecule has 1 rings (SSSR count). The zero-order chi connectivity index (χ0) is 16.0. The van der Waals surface area contributed by atoms with E-state index < -0.39 is 25.5 Å². The van der Waals surface area contributed by atoms with Crippen molar-refractivity contribution in [2.45, 2.75) is 4.90 Å². The Morgan fingerprint density at radius 2 is 1.90 bits per heavy atom. The van der Waals surface area contributed by atoms with Crippen LogP contribution in [0.3, 0.4) is 0 Å². The molecule has 0 fully saturated rings. The summed E-state index contributed by atoms with van der Waals surface area (Å²) in [7, 11) is -0.914. The number of urea groups is 1. The van der Waals surface area contributed by atoms with Crippen molar-refractivity contribution in [3.8, 4) is 0 Å². The van der Waals surface area contributed by atoms with Crippen molar-refractivity contribution in [2.24, 2.45) is 0 Å². The third-order valence-corrected chi connectivity index (χ3v) is 3.96. The molecule has 0 heterocycles. The van der Waals surface area contributed by atoms with Crippen molar-refractivity contribution in [2.75, 3.05) is 27.2 Å². The van der Waals surface area contributed by atoms with E-state index in [2.05, 4.69) is 10.0 Å². The summed E-state index contributed by atoms with van der Waals surface area (Å²) in [5.41, 5.74) is -0.498. The molecule has 0 unspecified atom stereocenters. The van der Waals surface area contributed by atoms with Gasteiger partial charge in [0.1, 0.15) is 0 Å². The Morgan fingerprint density at radius 3 is 2.48 bits per heavy atom. The van der Waals surface area contributed by atoms with Crippen LogP contribution in [0, 0.1) is 10.1 Å². The van der Waals surface area contributed by atoms with Gasteiger partial charge < -0.3 is 10.2 Å². The number of benzene rings is 1. The first-order chi connectivity index (χ1) is 9.75. The van der Waals surface area contributed by atoms with Gasteiger partial charge in [0.15, 0.2) is 4.90 Å². The largest absolute Gasteiger partial charge is 0.337 e. The van der Waals surface area contributed by atoms with Gasteiger partial charge in [-0.1, -0.05) is 12.1 Å². The van der Waals surface area contributed by atoms with E-state index in [9.17, 15) is 23.3 Å². The summed E-state index contributed by atoms with van der Waals surface area (Å²) in [5, 5.41) is 13.3. The minimum atomic E-state index is -4.01. The molecule has 0 aliphatic heterocycles. The molecule has 1 aromatic carbocycles. The Balaban J connectivity index is 2.71. The third kappa shape index (κ3) is 4.68. The van der Waals surface area contributed by atoms with Gasteiger partial charge in [-0.25, -0.2) is 17.9 Å². The van der Waals surface area contributed by atoms with E-state index >= 15 is 0 Å². The van der Waals surface area contributed by atoms with E-state index in [1.807, 2.05) is 0 Å². The first-order valence-electron chi connectivity index (χ1n) is 5.94. The summed E-state index contributed by atoms with van der Waals surface area (Å²) in [6, 6.07) is 4.69. The lowest BCUT2D eigenvalue weighted by Gasteiger charge is -2.12. The molecular weight excluding hydrogens is 300 g/mol. The lowest BCUT2D eigenvalue weighted by Crippen LogP contribution is -2.39. The summed E-state index contributed by atoms with van der Waals surface area (Å²) in [4.78, 5) is 22.2. The fraction of sp³-hybridized carbons (Fsp3) is 0.364. The summed E-state index contributed by atoms with van der Waals surface area (Å²) in [6.07, 6.45) is 0. The lowest BCUT2D eigenvalue weighted by molar-refractivity contribution is -0.387. The maximum Gasteiger partial charge on any atom is 0.316 e. The molecule has 0 saturated heterocycles. The second-order valence-corrected chi connectivity index (χ2v) is 5.98. The minimum absolute atomic E-state index is 0.0663. The SMILES string of the molecule is CN(C)C(=O)NCCNS(=O)(=O)c1ccccc1[N+](=O)[O-]. The van der Waals surface area contributed by atoms with E-state index in [0.717, 1.165) is 12.1 Å². The van der Waals surface area contributed by atoms with Crippen LogP contribution in [-0.2, 0) is 10.0 Å². The number of nitro groups is 1. The second-order valence-electron chi connectivity index (χ2n) is 4.25. The van der Waals surface area contributed by atoms with Gasteiger partial charge in [-0.3, -0.25) is 10.1 Å². The predicted octanol–water partition coefficient (Wildman–Crippen LogP) is 0.144. The summed E-state index contributed by atoms with van der Waals surface area (Å²) >= 11 is 0. The highest BCUT2D eigenvalue weighted by Crippen LogP contribution is 2.22. The maximum atomic E-state index is 12.0. The molecule has 0 radical (unpaired) electrons. The zero-order valence-electron chi connectivity index (χ0n) is 11.6. The maximum absolute atomic E-state index is 12.0. The molecule has 2 amide bonds. The van der Waals surface area contributed by atoms with Gasteiger partial charge in [-0.2, -0.15) is 0 Å². The van der Waals surface area contributed by atoms with E-state index in [0.29, 0.717) is 0 Å². The molecule has 0 spiro atoms. The summed E-state index contributed by atoms with van der Waals surface area (Å²) < 4.78 is 26.2. The molecule has 0 aliphatic carbocycles. The number of amides is 2. The number of sulfonamides is 1. The molecular formula is C11H16N4O5S. The monoisotopic (exact) mass is 316 g/mol. The van der Waals surface area contributed by atoms with Crippen LogP contribution in [-0.4, -0.2) is 51.5 Å². The first kappa shape index (κ1) is 16.9. The third-order valence-electron chi connectivity index (χ3n) is 2.45. The Bertz CT molecular complexity index is 629. The summed E-state index contributed by atoms with van der Waals surface area (Å²) in [6.45, 7) is -0.00909. The molecule has 0 atom stereocenters. The molecule has 21 heavy (non-hydrogen) atoms. The van der Waals surface area contributed by atoms with Crippen LogP contribution in [0.15, 0.2) is 29.2 Å². The van der Waals surface area contributed by atoms with E-state index in [1.54, 1.807) is 14.1 Å². The van der Waals surface area contributed by atoms with Gasteiger partial charge in [0.05, 0.1) is 4.92 Å². The van der Waals surface area contributed by atoms with Crippen molar-refractivity contribution < 1.29 is 18.1 Å². The average Bonchev–Trinajstić information content (AvgIpc) is 2.43. The van der Waals surface area contributed by atoms with Gasteiger partial charge in [-0.15, -0.1) is 0 Å². The number of hydrogen-bond acceptors (Lipinski definition) is 5. The quantitative estimate of drug-likeness (QED) is 0.439. The molecule has 0 aromatic heterocycles. The molecule has 116 valence electrons. The van der Waals surface area contributed by atoms with E-state index in [-0.39, 0.29) is 19.1 Å². The standard InChI is InChI=1S/C11H16N4O5S/c1-14(2)11(16)12-7-8-13-21(19,20)10-6-4-3-5-9(10)15(17)18/h3-6,13H,7-8H2,1-2H3,(H,12,16). The van der Waals surface area contributed by atoms with Crippen LogP contribution in [0.4, 0.5) is 10.5 Å². The fourth-order valence-corrected chi connectivity index (χ4v) is 2.63. The number of hydrogen-bond donors (Lipinski definition) is 2. The number of nitro benzene ring substituents is 1. The molecule has 0 bridgehead atoms. The van der Waals surface area contributed by atoms with E-state index in [1.165, 1.54) is 17.0 Å². The predicted molar refractivity (Wildman–Crippen MR) is 75.4 cm³/mol. The highest BCUT2D eigenvalue weighted by molar-refractivity contribution is 7.89. The Hall–Kier alpha value is -2.20. The number of nitrogens with one attached hydrogen (secondary N) is 2. The normalized spacial score (nSPS) is 11.0. The second kappa shape index (κ2) is 6.99.